The topological polar surface area (TPSA) is 53.7 Å². The standard InChI is InChI=1S/C20H27FN4OS/c1-3-18-13-25(11-12-27-18)20(22-4-2)23-10-9-17-14-26-19(24-17)15-5-7-16(21)8-6-15/h5-8,14,18H,3-4,9-13H2,1-2H3,(H,22,23). The van der Waals surface area contributed by atoms with Gasteiger partial charge in [-0.3, -0.25) is 4.99 Å². The summed E-state index contributed by atoms with van der Waals surface area (Å²) in [7, 11) is 0. The first-order valence-corrected chi connectivity index (χ1v) is 10.6. The van der Waals surface area contributed by atoms with Crippen molar-refractivity contribution in [1.82, 2.24) is 15.2 Å². The number of hydrogen-bond donors (Lipinski definition) is 1. The number of aliphatic imine (C=N–C) groups is 1. The highest BCUT2D eigenvalue weighted by Gasteiger charge is 2.21. The van der Waals surface area contributed by atoms with Crippen molar-refractivity contribution < 1.29 is 8.81 Å². The van der Waals surface area contributed by atoms with Crippen molar-refractivity contribution in [3.05, 3.63) is 42.0 Å². The molecule has 0 spiro atoms. The number of benzene rings is 1. The minimum atomic E-state index is -0.266. The van der Waals surface area contributed by atoms with Crippen molar-refractivity contribution in [1.29, 1.82) is 0 Å². The molecular formula is C20H27FN4OS. The van der Waals surface area contributed by atoms with Gasteiger partial charge in [-0.1, -0.05) is 6.92 Å². The van der Waals surface area contributed by atoms with Crippen molar-refractivity contribution in [2.24, 2.45) is 4.99 Å². The van der Waals surface area contributed by atoms with Crippen molar-refractivity contribution in [2.75, 3.05) is 31.9 Å². The fourth-order valence-electron chi connectivity index (χ4n) is 3.01. The number of nitrogens with zero attached hydrogens (tertiary/aromatic N) is 3. The largest absolute Gasteiger partial charge is 0.444 e. The monoisotopic (exact) mass is 390 g/mol. The second-order valence-electron chi connectivity index (χ2n) is 6.48. The van der Waals surface area contributed by atoms with Crippen LogP contribution in [0.5, 0.6) is 0 Å². The molecule has 1 atom stereocenters. The van der Waals surface area contributed by atoms with Gasteiger partial charge in [-0.05, 0) is 37.6 Å². The van der Waals surface area contributed by atoms with Gasteiger partial charge in [0.15, 0.2) is 5.96 Å². The Hall–Kier alpha value is -2.02. The molecule has 1 aromatic carbocycles. The lowest BCUT2D eigenvalue weighted by Crippen LogP contribution is -2.48. The molecule has 146 valence electrons. The normalized spacial score (nSPS) is 18.0. The minimum Gasteiger partial charge on any atom is -0.444 e. The van der Waals surface area contributed by atoms with Gasteiger partial charge in [0.25, 0.3) is 0 Å². The predicted molar refractivity (Wildman–Crippen MR) is 110 cm³/mol. The van der Waals surface area contributed by atoms with E-state index in [0.717, 1.165) is 42.6 Å². The van der Waals surface area contributed by atoms with Gasteiger partial charge in [0.2, 0.25) is 5.89 Å². The Kier molecular flexibility index (Phi) is 7.15. The van der Waals surface area contributed by atoms with E-state index < -0.39 is 0 Å². The molecule has 3 rings (SSSR count). The van der Waals surface area contributed by atoms with Crippen LogP contribution in [0.25, 0.3) is 11.5 Å². The highest BCUT2D eigenvalue weighted by Crippen LogP contribution is 2.21. The maximum atomic E-state index is 13.0. The molecule has 27 heavy (non-hydrogen) atoms. The van der Waals surface area contributed by atoms with Crippen LogP contribution in [0, 0.1) is 5.82 Å². The molecule has 0 bridgehead atoms. The Bertz CT molecular complexity index is 747. The molecule has 0 saturated carbocycles. The lowest BCUT2D eigenvalue weighted by atomic mass is 10.2. The lowest BCUT2D eigenvalue weighted by Gasteiger charge is -2.34. The van der Waals surface area contributed by atoms with Crippen LogP contribution in [0.4, 0.5) is 4.39 Å². The van der Waals surface area contributed by atoms with E-state index in [2.05, 4.69) is 40.8 Å². The number of thioether (sulfide) groups is 1. The van der Waals surface area contributed by atoms with Gasteiger partial charge in [-0.25, -0.2) is 9.37 Å². The Morgan fingerprint density at radius 1 is 1.37 bits per heavy atom. The first-order chi connectivity index (χ1) is 13.2. The van der Waals surface area contributed by atoms with Crippen LogP contribution in [0.2, 0.25) is 0 Å². The summed E-state index contributed by atoms with van der Waals surface area (Å²) < 4.78 is 18.6. The summed E-state index contributed by atoms with van der Waals surface area (Å²) >= 11 is 2.05. The third-order valence-corrected chi connectivity index (χ3v) is 5.87. The van der Waals surface area contributed by atoms with Crippen LogP contribution in [0.1, 0.15) is 26.0 Å². The Labute approximate surface area is 164 Å². The molecular weight excluding hydrogens is 363 g/mol. The van der Waals surface area contributed by atoms with Crippen molar-refractivity contribution >= 4 is 17.7 Å². The van der Waals surface area contributed by atoms with Gasteiger partial charge in [0.1, 0.15) is 12.1 Å². The molecule has 7 heteroatoms. The van der Waals surface area contributed by atoms with Crippen LogP contribution in [-0.2, 0) is 6.42 Å². The zero-order chi connectivity index (χ0) is 19.1. The molecule has 1 aliphatic heterocycles. The summed E-state index contributed by atoms with van der Waals surface area (Å²) in [6.07, 6.45) is 3.55. The Morgan fingerprint density at radius 2 is 2.19 bits per heavy atom. The smallest absolute Gasteiger partial charge is 0.226 e. The summed E-state index contributed by atoms with van der Waals surface area (Å²) in [4.78, 5) is 11.6. The lowest BCUT2D eigenvalue weighted by molar-refractivity contribution is 0.408. The van der Waals surface area contributed by atoms with Crippen LogP contribution >= 0.6 is 11.8 Å². The second kappa shape index (κ2) is 9.78. The van der Waals surface area contributed by atoms with E-state index in [1.807, 2.05) is 0 Å². The molecule has 1 fully saturated rings. The number of oxazole rings is 1. The Morgan fingerprint density at radius 3 is 2.93 bits per heavy atom. The number of rotatable bonds is 6. The average Bonchev–Trinajstić information content (AvgIpc) is 3.17. The summed E-state index contributed by atoms with van der Waals surface area (Å²) in [6, 6.07) is 6.16. The molecule has 5 nitrogen and oxygen atoms in total. The van der Waals surface area contributed by atoms with Crippen molar-refractivity contribution in [2.45, 2.75) is 31.9 Å². The summed E-state index contributed by atoms with van der Waals surface area (Å²) in [6.45, 7) is 7.93. The number of nitrogens with one attached hydrogen (secondary N) is 1. The fourth-order valence-corrected chi connectivity index (χ4v) is 4.19. The molecule has 2 aromatic rings. The minimum absolute atomic E-state index is 0.266. The molecule has 0 radical (unpaired) electrons. The fraction of sp³-hybridized carbons (Fsp3) is 0.500. The van der Waals surface area contributed by atoms with Crippen LogP contribution in [0.15, 0.2) is 39.9 Å². The van der Waals surface area contributed by atoms with E-state index in [0.29, 0.717) is 24.1 Å². The predicted octanol–water partition coefficient (Wildman–Crippen LogP) is 3.82. The quantitative estimate of drug-likeness (QED) is 0.600. The van der Waals surface area contributed by atoms with Crippen LogP contribution < -0.4 is 5.32 Å². The molecule has 0 aliphatic carbocycles. The molecule has 1 unspecified atom stereocenters. The Balaban J connectivity index is 1.60. The summed E-state index contributed by atoms with van der Waals surface area (Å²) in [5.74, 6) is 2.38. The van der Waals surface area contributed by atoms with E-state index in [1.165, 1.54) is 18.6 Å². The van der Waals surface area contributed by atoms with Gasteiger partial charge in [0.05, 0.1) is 5.69 Å². The zero-order valence-corrected chi connectivity index (χ0v) is 16.8. The summed E-state index contributed by atoms with van der Waals surface area (Å²) in [5, 5.41) is 4.08. The van der Waals surface area contributed by atoms with E-state index >= 15 is 0 Å². The van der Waals surface area contributed by atoms with Crippen LogP contribution in [-0.4, -0.2) is 53.0 Å². The molecule has 2 heterocycles. The molecule has 1 saturated heterocycles. The van der Waals surface area contributed by atoms with E-state index in [1.54, 1.807) is 18.4 Å². The van der Waals surface area contributed by atoms with Gasteiger partial charge < -0.3 is 14.6 Å². The highest BCUT2D eigenvalue weighted by molar-refractivity contribution is 8.00. The van der Waals surface area contributed by atoms with E-state index in [9.17, 15) is 4.39 Å². The van der Waals surface area contributed by atoms with Gasteiger partial charge in [-0.2, -0.15) is 11.8 Å². The molecule has 1 aromatic heterocycles. The van der Waals surface area contributed by atoms with Gasteiger partial charge in [0, 0.05) is 49.2 Å². The SMILES string of the molecule is CCNC(=NCCc1coc(-c2ccc(F)cc2)n1)N1CCSC(CC)C1. The second-order valence-corrected chi connectivity index (χ2v) is 7.89. The van der Waals surface area contributed by atoms with Gasteiger partial charge >= 0.3 is 0 Å². The summed E-state index contributed by atoms with van der Waals surface area (Å²) in [5.41, 5.74) is 1.63. The van der Waals surface area contributed by atoms with Crippen LogP contribution in [0.3, 0.4) is 0 Å². The number of halogens is 1. The number of hydrogen-bond acceptors (Lipinski definition) is 4. The van der Waals surface area contributed by atoms with Crippen molar-refractivity contribution in [3.8, 4) is 11.5 Å². The number of aromatic nitrogens is 1. The third-order valence-electron chi connectivity index (χ3n) is 4.50. The molecule has 1 aliphatic rings. The molecule has 1 N–H and O–H groups in total. The van der Waals surface area contributed by atoms with Crippen molar-refractivity contribution in [3.63, 3.8) is 0 Å². The zero-order valence-electron chi connectivity index (χ0n) is 15.9. The highest BCUT2D eigenvalue weighted by atomic mass is 32.2. The average molecular weight is 391 g/mol. The molecule has 0 amide bonds. The maximum absolute atomic E-state index is 13.0. The van der Waals surface area contributed by atoms with Gasteiger partial charge in [-0.15, -0.1) is 0 Å². The number of guanidine groups is 1. The van der Waals surface area contributed by atoms with E-state index in [-0.39, 0.29) is 5.82 Å². The first kappa shape index (κ1) is 19.7. The first-order valence-electron chi connectivity index (χ1n) is 9.54. The van der Waals surface area contributed by atoms with E-state index in [4.69, 9.17) is 9.41 Å². The maximum Gasteiger partial charge on any atom is 0.226 e. The third kappa shape index (κ3) is 5.48.